The number of halogens is 1. The summed E-state index contributed by atoms with van der Waals surface area (Å²) in [4.78, 5) is 43.4. The van der Waals surface area contributed by atoms with Crippen LogP contribution < -0.4 is 10.6 Å². The average Bonchev–Trinajstić information content (AvgIpc) is 3.56. The Hall–Kier alpha value is -3.20. The largest absolute Gasteiger partial charge is 0.390 e. The van der Waals surface area contributed by atoms with E-state index in [9.17, 15) is 19.5 Å². The lowest BCUT2D eigenvalue weighted by Gasteiger charge is -2.52. The summed E-state index contributed by atoms with van der Waals surface area (Å²) in [6, 6.07) is 15.4. The quantitative estimate of drug-likeness (QED) is 0.356. The number of aliphatic hydroxyl groups is 1. The van der Waals surface area contributed by atoms with Crippen molar-refractivity contribution in [2.45, 2.75) is 76.1 Å². The first-order valence-corrected chi connectivity index (χ1v) is 15.4. The van der Waals surface area contributed by atoms with Gasteiger partial charge in [-0.3, -0.25) is 19.3 Å². The van der Waals surface area contributed by atoms with Crippen molar-refractivity contribution < 1.29 is 19.5 Å². The maximum atomic E-state index is 13.7. The van der Waals surface area contributed by atoms with Crippen molar-refractivity contribution in [3.63, 3.8) is 0 Å². The van der Waals surface area contributed by atoms with Crippen LogP contribution in [0, 0.1) is 5.92 Å². The summed E-state index contributed by atoms with van der Waals surface area (Å²) in [6.07, 6.45) is 8.43. The first-order chi connectivity index (χ1) is 20.3. The summed E-state index contributed by atoms with van der Waals surface area (Å²) in [7, 11) is 1.63. The predicted molar refractivity (Wildman–Crippen MR) is 170 cm³/mol. The van der Waals surface area contributed by atoms with Gasteiger partial charge >= 0.3 is 0 Å². The highest BCUT2D eigenvalue weighted by Crippen LogP contribution is 2.36. The molecule has 2 aromatic rings. The van der Waals surface area contributed by atoms with Crippen molar-refractivity contribution in [3.05, 3.63) is 82.9 Å². The van der Waals surface area contributed by atoms with Gasteiger partial charge in [0, 0.05) is 38.8 Å². The molecule has 2 saturated heterocycles. The highest BCUT2D eigenvalue weighted by atomic mass is 35.5. The number of piperidine rings is 1. The minimum absolute atomic E-state index is 0. The molecule has 1 spiro atoms. The lowest BCUT2D eigenvalue weighted by Crippen LogP contribution is -2.75. The topological polar surface area (TPSA) is 102 Å². The zero-order valence-corrected chi connectivity index (χ0v) is 26.1. The molecule has 0 saturated carbocycles. The third kappa shape index (κ3) is 7.14. The Morgan fingerprint density at radius 3 is 2.16 bits per heavy atom. The number of nitrogens with zero attached hydrogens (tertiary/aromatic N) is 2. The van der Waals surface area contributed by atoms with E-state index in [-0.39, 0.29) is 36.0 Å². The van der Waals surface area contributed by atoms with Crippen molar-refractivity contribution in [3.8, 4) is 0 Å². The molecular weight excluding hydrogens is 564 g/mol. The van der Waals surface area contributed by atoms with Gasteiger partial charge in [-0.1, -0.05) is 61.9 Å². The number of benzene rings is 2. The SMILES string of the molecule is CCCCN1C(=O)[C@@H]([C@H](O)C2CC=CC2)NC(=O)C12CCN(Cc1ccc(Cc3ccc(C(=O)NC)cc3)cc1)CC2.Cl. The molecule has 43 heavy (non-hydrogen) atoms. The number of rotatable bonds is 10. The molecule has 0 bridgehead atoms. The van der Waals surface area contributed by atoms with Crippen molar-refractivity contribution >= 4 is 30.1 Å². The van der Waals surface area contributed by atoms with Crippen LogP contribution in [0.5, 0.6) is 0 Å². The summed E-state index contributed by atoms with van der Waals surface area (Å²) in [5.74, 6) is -0.349. The minimum Gasteiger partial charge on any atom is -0.390 e. The molecule has 0 unspecified atom stereocenters. The van der Waals surface area contributed by atoms with Gasteiger partial charge < -0.3 is 20.6 Å². The van der Waals surface area contributed by atoms with Crippen LogP contribution in [-0.4, -0.2) is 77.0 Å². The van der Waals surface area contributed by atoms with E-state index in [4.69, 9.17) is 0 Å². The van der Waals surface area contributed by atoms with Crippen LogP contribution in [-0.2, 0) is 22.6 Å². The Labute approximate surface area is 261 Å². The number of aliphatic hydroxyl groups excluding tert-OH is 1. The molecule has 2 fully saturated rings. The van der Waals surface area contributed by atoms with Crippen LogP contribution in [0.15, 0.2) is 60.7 Å². The molecule has 2 atom stereocenters. The normalized spacial score (nSPS) is 21.0. The van der Waals surface area contributed by atoms with Crippen molar-refractivity contribution in [1.82, 2.24) is 20.4 Å². The molecule has 9 heteroatoms. The van der Waals surface area contributed by atoms with Crippen LogP contribution >= 0.6 is 12.4 Å². The van der Waals surface area contributed by atoms with Gasteiger partial charge in [-0.2, -0.15) is 0 Å². The van der Waals surface area contributed by atoms with E-state index in [1.54, 1.807) is 7.05 Å². The van der Waals surface area contributed by atoms with E-state index in [0.29, 0.717) is 24.9 Å². The standard InChI is InChI=1S/C34H44N4O4.ClH/c1-3-4-19-38-32(41)29(30(39)27-7-5-6-8-27)36-33(42)34(38)17-20-37(21-18-34)23-26-11-9-24(10-12-26)22-25-13-15-28(16-14-25)31(40)35-2;/h5-6,9-16,27,29-30,39H,3-4,7-8,17-23H2,1-2H3,(H,35,40)(H,36,42);1H/t29-,30-;/m1./s1. The van der Waals surface area contributed by atoms with E-state index in [0.717, 1.165) is 57.3 Å². The van der Waals surface area contributed by atoms with Gasteiger partial charge in [0.2, 0.25) is 11.8 Å². The van der Waals surface area contributed by atoms with Gasteiger partial charge in [0.1, 0.15) is 11.6 Å². The second-order valence-electron chi connectivity index (χ2n) is 12.1. The molecule has 3 N–H and O–H groups in total. The van der Waals surface area contributed by atoms with Crippen LogP contribution in [0.3, 0.4) is 0 Å². The van der Waals surface area contributed by atoms with Crippen molar-refractivity contribution in [2.24, 2.45) is 5.92 Å². The molecule has 3 aliphatic rings. The number of carbonyl (C=O) groups is 3. The Kier molecular flexibility index (Phi) is 11.0. The fraction of sp³-hybridized carbons (Fsp3) is 0.500. The molecule has 0 aromatic heterocycles. The molecular formula is C34H45ClN4O4. The van der Waals surface area contributed by atoms with Gasteiger partial charge in [0.25, 0.3) is 5.91 Å². The van der Waals surface area contributed by atoms with Gasteiger partial charge in [-0.15, -0.1) is 12.4 Å². The monoisotopic (exact) mass is 608 g/mol. The lowest BCUT2D eigenvalue weighted by molar-refractivity contribution is -0.165. The Bertz CT molecular complexity index is 1280. The van der Waals surface area contributed by atoms with E-state index in [1.165, 1.54) is 11.1 Å². The van der Waals surface area contributed by atoms with Crippen LogP contribution in [0.2, 0.25) is 0 Å². The number of allylic oxidation sites excluding steroid dienone is 2. The van der Waals surface area contributed by atoms with Gasteiger partial charge in [0.05, 0.1) is 6.10 Å². The smallest absolute Gasteiger partial charge is 0.251 e. The zero-order chi connectivity index (χ0) is 29.7. The second-order valence-corrected chi connectivity index (χ2v) is 12.1. The highest BCUT2D eigenvalue weighted by Gasteiger charge is 2.55. The lowest BCUT2D eigenvalue weighted by atomic mass is 9.79. The summed E-state index contributed by atoms with van der Waals surface area (Å²) < 4.78 is 0. The van der Waals surface area contributed by atoms with Gasteiger partial charge in [0.15, 0.2) is 0 Å². The molecule has 5 rings (SSSR count). The Morgan fingerprint density at radius 1 is 1.00 bits per heavy atom. The number of hydrogen-bond acceptors (Lipinski definition) is 5. The molecule has 1 aliphatic carbocycles. The molecule has 2 aromatic carbocycles. The molecule has 8 nitrogen and oxygen atoms in total. The summed E-state index contributed by atoms with van der Waals surface area (Å²) in [5, 5.41) is 16.6. The minimum atomic E-state index is -0.872. The third-order valence-corrected chi connectivity index (χ3v) is 9.33. The number of hydrogen-bond donors (Lipinski definition) is 3. The number of likely N-dealkylation sites (tertiary alicyclic amines) is 1. The number of piperazine rings is 1. The van der Waals surface area contributed by atoms with E-state index in [1.807, 2.05) is 41.3 Å². The summed E-state index contributed by atoms with van der Waals surface area (Å²) in [6.45, 7) is 4.88. The molecule has 2 aliphatic heterocycles. The predicted octanol–water partition coefficient (Wildman–Crippen LogP) is 3.85. The fourth-order valence-electron chi connectivity index (χ4n) is 6.65. The highest BCUT2D eigenvalue weighted by molar-refractivity contribution is 6.00. The Morgan fingerprint density at radius 2 is 1.58 bits per heavy atom. The molecule has 3 amide bonds. The van der Waals surface area contributed by atoms with E-state index in [2.05, 4.69) is 46.7 Å². The second kappa shape index (κ2) is 14.5. The van der Waals surface area contributed by atoms with E-state index >= 15 is 0 Å². The van der Waals surface area contributed by atoms with Crippen molar-refractivity contribution in [2.75, 3.05) is 26.7 Å². The third-order valence-electron chi connectivity index (χ3n) is 9.33. The molecule has 0 radical (unpaired) electrons. The van der Waals surface area contributed by atoms with Gasteiger partial charge in [-0.05, 0) is 73.3 Å². The van der Waals surface area contributed by atoms with Gasteiger partial charge in [-0.25, -0.2) is 0 Å². The molecule has 232 valence electrons. The molecule has 2 heterocycles. The van der Waals surface area contributed by atoms with Crippen LogP contribution in [0.25, 0.3) is 0 Å². The Balaban J connectivity index is 0.00000423. The number of nitrogens with one attached hydrogen (secondary N) is 2. The number of carbonyl (C=O) groups excluding carboxylic acids is 3. The zero-order valence-electron chi connectivity index (χ0n) is 25.3. The summed E-state index contributed by atoms with van der Waals surface area (Å²) >= 11 is 0. The maximum absolute atomic E-state index is 13.7. The fourth-order valence-corrected chi connectivity index (χ4v) is 6.65. The summed E-state index contributed by atoms with van der Waals surface area (Å²) in [5.41, 5.74) is 3.38. The van der Waals surface area contributed by atoms with Crippen LogP contribution in [0.1, 0.15) is 72.5 Å². The maximum Gasteiger partial charge on any atom is 0.251 e. The first kappa shape index (κ1) is 32.7. The first-order valence-electron chi connectivity index (χ1n) is 15.4. The van der Waals surface area contributed by atoms with E-state index < -0.39 is 17.7 Å². The average molecular weight is 609 g/mol. The number of unbranched alkanes of at least 4 members (excludes halogenated alkanes) is 1. The van der Waals surface area contributed by atoms with Crippen LogP contribution in [0.4, 0.5) is 0 Å². The number of amides is 3. The van der Waals surface area contributed by atoms with Crippen molar-refractivity contribution in [1.29, 1.82) is 0 Å².